The van der Waals surface area contributed by atoms with Gasteiger partial charge in [-0.15, -0.1) is 0 Å². The molecule has 0 bridgehead atoms. The zero-order valence-electron chi connectivity index (χ0n) is 14.4. The minimum atomic E-state index is 0.776. The molecule has 0 fully saturated rings. The van der Waals surface area contributed by atoms with Crippen molar-refractivity contribution in [2.45, 2.75) is 39.9 Å². The van der Waals surface area contributed by atoms with Crippen molar-refractivity contribution in [3.63, 3.8) is 0 Å². The fourth-order valence-electron chi connectivity index (χ4n) is 2.72. The summed E-state index contributed by atoms with van der Waals surface area (Å²) < 4.78 is 0. The molecule has 0 saturated heterocycles. The molecular weight excluding hydrogens is 296 g/mol. The van der Waals surface area contributed by atoms with Gasteiger partial charge in [-0.1, -0.05) is 37.3 Å². The molecule has 3 rings (SSSR count). The van der Waals surface area contributed by atoms with Gasteiger partial charge in [0.15, 0.2) is 0 Å². The summed E-state index contributed by atoms with van der Waals surface area (Å²) in [6, 6.07) is 13.1. The average molecular weight is 320 g/mol. The lowest BCUT2D eigenvalue weighted by atomic mass is 10.1. The Morgan fingerprint density at radius 2 is 1.71 bits per heavy atom. The van der Waals surface area contributed by atoms with Gasteiger partial charge >= 0.3 is 0 Å². The second-order valence-electron chi connectivity index (χ2n) is 6.18. The predicted molar refractivity (Wildman–Crippen MR) is 96.3 cm³/mol. The number of aromatic amines is 1. The molecule has 0 aliphatic rings. The summed E-state index contributed by atoms with van der Waals surface area (Å²) in [7, 11) is 0. The van der Waals surface area contributed by atoms with E-state index in [1.165, 1.54) is 16.7 Å². The summed E-state index contributed by atoms with van der Waals surface area (Å²) in [5.74, 6) is 0.979. The van der Waals surface area contributed by atoms with Crippen LogP contribution in [0.15, 0.2) is 55.0 Å². The molecule has 1 aromatic carbocycles. The lowest BCUT2D eigenvalue weighted by Gasteiger charge is -2.21. The van der Waals surface area contributed by atoms with Crippen molar-refractivity contribution < 1.29 is 0 Å². The van der Waals surface area contributed by atoms with Gasteiger partial charge in [-0.05, 0) is 36.1 Å². The zero-order chi connectivity index (χ0) is 16.8. The quantitative estimate of drug-likeness (QED) is 0.718. The highest BCUT2D eigenvalue weighted by molar-refractivity contribution is 5.22. The Morgan fingerprint density at radius 3 is 2.33 bits per heavy atom. The molecule has 3 aromatic rings. The van der Waals surface area contributed by atoms with Crippen molar-refractivity contribution >= 4 is 0 Å². The fourth-order valence-corrected chi connectivity index (χ4v) is 2.72. The van der Waals surface area contributed by atoms with Crippen LogP contribution in [0.25, 0.3) is 0 Å². The van der Waals surface area contributed by atoms with Crippen LogP contribution >= 0.6 is 0 Å². The van der Waals surface area contributed by atoms with Crippen LogP contribution in [0.5, 0.6) is 0 Å². The molecule has 0 spiro atoms. The molecule has 2 heterocycles. The Bertz CT molecular complexity index is 730. The third kappa shape index (κ3) is 4.52. The lowest BCUT2D eigenvalue weighted by Crippen LogP contribution is -2.23. The molecule has 1 N–H and O–H groups in total. The van der Waals surface area contributed by atoms with Gasteiger partial charge in [0.2, 0.25) is 0 Å². The van der Waals surface area contributed by atoms with Crippen LogP contribution in [0.4, 0.5) is 0 Å². The molecule has 4 nitrogen and oxygen atoms in total. The molecule has 24 heavy (non-hydrogen) atoms. The Labute approximate surface area is 143 Å². The number of imidazole rings is 1. The summed E-state index contributed by atoms with van der Waals surface area (Å²) in [5, 5.41) is 0. The summed E-state index contributed by atoms with van der Waals surface area (Å²) in [4.78, 5) is 14.5. The van der Waals surface area contributed by atoms with Gasteiger partial charge in [-0.3, -0.25) is 9.88 Å². The van der Waals surface area contributed by atoms with Gasteiger partial charge < -0.3 is 4.98 Å². The molecule has 0 aliphatic carbocycles. The number of rotatable bonds is 7. The van der Waals surface area contributed by atoms with Gasteiger partial charge in [-0.25, -0.2) is 4.98 Å². The number of nitrogens with zero attached hydrogens (tertiary/aromatic N) is 3. The van der Waals surface area contributed by atoms with Gasteiger partial charge in [0.1, 0.15) is 5.82 Å². The van der Waals surface area contributed by atoms with Crippen molar-refractivity contribution in [3.05, 3.63) is 83.2 Å². The number of hydrogen-bond acceptors (Lipinski definition) is 3. The Morgan fingerprint density at radius 1 is 0.917 bits per heavy atom. The molecular formula is C20H24N4. The molecule has 0 aliphatic heterocycles. The van der Waals surface area contributed by atoms with Crippen LogP contribution in [-0.4, -0.2) is 19.9 Å². The number of nitrogens with one attached hydrogen (secondary N) is 1. The van der Waals surface area contributed by atoms with Crippen molar-refractivity contribution in [2.24, 2.45) is 0 Å². The molecule has 0 radical (unpaired) electrons. The van der Waals surface area contributed by atoms with E-state index in [2.05, 4.69) is 70.1 Å². The van der Waals surface area contributed by atoms with Crippen LogP contribution in [0, 0.1) is 6.92 Å². The van der Waals surface area contributed by atoms with E-state index in [1.807, 2.05) is 12.4 Å². The van der Waals surface area contributed by atoms with Crippen molar-refractivity contribution in [1.29, 1.82) is 0 Å². The third-order valence-corrected chi connectivity index (χ3v) is 4.12. The Balaban J connectivity index is 1.74. The van der Waals surface area contributed by atoms with Gasteiger partial charge in [-0.2, -0.15) is 0 Å². The van der Waals surface area contributed by atoms with Gasteiger partial charge in [0.25, 0.3) is 0 Å². The topological polar surface area (TPSA) is 44.8 Å². The summed E-state index contributed by atoms with van der Waals surface area (Å²) in [6.07, 6.45) is 6.67. The summed E-state index contributed by atoms with van der Waals surface area (Å²) in [6.45, 7) is 6.70. The van der Waals surface area contributed by atoms with Gasteiger partial charge in [0.05, 0.1) is 12.2 Å². The van der Waals surface area contributed by atoms with Crippen LogP contribution in [0.2, 0.25) is 0 Å². The summed E-state index contributed by atoms with van der Waals surface area (Å²) in [5.41, 5.74) is 4.95. The monoisotopic (exact) mass is 320 g/mol. The maximum absolute atomic E-state index is 4.54. The first kappa shape index (κ1) is 16.4. The maximum atomic E-state index is 4.54. The van der Waals surface area contributed by atoms with E-state index in [0.29, 0.717) is 0 Å². The normalized spacial score (nSPS) is 11.1. The molecule has 0 atom stereocenters. The van der Waals surface area contributed by atoms with E-state index in [1.54, 1.807) is 6.20 Å². The molecule has 2 aromatic heterocycles. The number of aryl methyl sites for hydroxylation is 2. The predicted octanol–water partition coefficient (Wildman–Crippen LogP) is 3.88. The standard InChI is InChI=1S/C20H24N4/c1-3-17-5-7-18(8-6-17)13-24(15-20-21-10-11-22-20)14-19-9-4-16(2)12-23-19/h4-12H,3,13-15H2,1-2H3,(H,21,22). The minimum absolute atomic E-state index is 0.776. The molecule has 124 valence electrons. The first-order chi connectivity index (χ1) is 11.7. The lowest BCUT2D eigenvalue weighted by molar-refractivity contribution is 0.239. The highest BCUT2D eigenvalue weighted by Crippen LogP contribution is 2.13. The van der Waals surface area contributed by atoms with Crippen LogP contribution in [0.3, 0.4) is 0 Å². The van der Waals surface area contributed by atoms with E-state index in [0.717, 1.165) is 37.6 Å². The number of hydrogen-bond donors (Lipinski definition) is 1. The SMILES string of the molecule is CCc1ccc(CN(Cc2ccc(C)cn2)Cc2ncc[nH]2)cc1. The number of aromatic nitrogens is 3. The van der Waals surface area contributed by atoms with E-state index in [-0.39, 0.29) is 0 Å². The average Bonchev–Trinajstić information content (AvgIpc) is 3.10. The largest absolute Gasteiger partial charge is 0.348 e. The van der Waals surface area contributed by atoms with Gasteiger partial charge in [0, 0.05) is 31.7 Å². The number of pyridine rings is 1. The van der Waals surface area contributed by atoms with Crippen molar-refractivity contribution in [1.82, 2.24) is 19.9 Å². The second-order valence-corrected chi connectivity index (χ2v) is 6.18. The smallest absolute Gasteiger partial charge is 0.120 e. The number of H-pyrrole nitrogens is 1. The molecule has 0 saturated carbocycles. The van der Waals surface area contributed by atoms with E-state index in [9.17, 15) is 0 Å². The third-order valence-electron chi connectivity index (χ3n) is 4.12. The second kappa shape index (κ2) is 7.88. The minimum Gasteiger partial charge on any atom is -0.348 e. The van der Waals surface area contributed by atoms with E-state index >= 15 is 0 Å². The van der Waals surface area contributed by atoms with Crippen LogP contribution < -0.4 is 0 Å². The Kier molecular flexibility index (Phi) is 5.39. The van der Waals surface area contributed by atoms with E-state index < -0.39 is 0 Å². The molecule has 0 amide bonds. The fraction of sp³-hybridized carbons (Fsp3) is 0.300. The van der Waals surface area contributed by atoms with Crippen molar-refractivity contribution in [3.8, 4) is 0 Å². The van der Waals surface area contributed by atoms with Crippen LogP contribution in [0.1, 0.15) is 35.1 Å². The Hall–Kier alpha value is -2.46. The van der Waals surface area contributed by atoms with E-state index in [4.69, 9.17) is 0 Å². The first-order valence-electron chi connectivity index (χ1n) is 8.43. The number of benzene rings is 1. The molecule has 4 heteroatoms. The maximum Gasteiger partial charge on any atom is 0.120 e. The van der Waals surface area contributed by atoms with Crippen LogP contribution in [-0.2, 0) is 26.1 Å². The summed E-state index contributed by atoms with van der Waals surface area (Å²) >= 11 is 0. The highest BCUT2D eigenvalue weighted by Gasteiger charge is 2.10. The first-order valence-corrected chi connectivity index (χ1v) is 8.43. The molecule has 0 unspecified atom stereocenters. The zero-order valence-corrected chi connectivity index (χ0v) is 14.4. The highest BCUT2D eigenvalue weighted by atomic mass is 15.2. The van der Waals surface area contributed by atoms with Crippen molar-refractivity contribution in [2.75, 3.05) is 0 Å².